The van der Waals surface area contributed by atoms with E-state index >= 15 is 0 Å². The summed E-state index contributed by atoms with van der Waals surface area (Å²) in [7, 11) is 0. The van der Waals surface area contributed by atoms with E-state index in [1.54, 1.807) is 6.07 Å². The van der Waals surface area contributed by atoms with Crippen LogP contribution in [-0.2, 0) is 6.42 Å². The smallest absolute Gasteiger partial charge is 0.130 e. The Kier molecular flexibility index (Phi) is 2.01. The second-order valence-electron chi connectivity index (χ2n) is 4.84. The van der Waals surface area contributed by atoms with E-state index < -0.39 is 0 Å². The molecule has 1 heterocycles. The molecule has 0 spiro atoms. The Balaban J connectivity index is 2.09. The lowest BCUT2D eigenvalue weighted by Crippen LogP contribution is -2.25. The summed E-state index contributed by atoms with van der Waals surface area (Å²) in [6.07, 6.45) is 6.21. The maximum Gasteiger partial charge on any atom is 0.130 e. The van der Waals surface area contributed by atoms with Crippen molar-refractivity contribution in [1.82, 2.24) is 10.2 Å². The molecule has 0 saturated carbocycles. The summed E-state index contributed by atoms with van der Waals surface area (Å²) < 4.78 is 0.820. The molecule has 18 heavy (non-hydrogen) atoms. The Labute approximate surface area is 112 Å². The third-order valence-corrected chi connectivity index (χ3v) is 4.73. The van der Waals surface area contributed by atoms with Crippen LogP contribution in [0.25, 0.3) is 11.6 Å². The summed E-state index contributed by atoms with van der Waals surface area (Å²) in [5.74, 6) is 0.633. The maximum absolute atomic E-state index is 9.84. The number of nitrogens with one attached hydrogen (secondary N) is 1. The normalized spacial score (nSPS) is 20.1. The minimum atomic E-state index is 0.313. The molecule has 4 heteroatoms. The summed E-state index contributed by atoms with van der Waals surface area (Å²) >= 11 is 3.51. The van der Waals surface area contributed by atoms with Gasteiger partial charge in [0.1, 0.15) is 5.75 Å². The summed E-state index contributed by atoms with van der Waals surface area (Å²) in [6, 6.07) is 3.73. The highest BCUT2D eigenvalue weighted by Crippen LogP contribution is 2.38. The molecule has 2 aromatic rings. The Morgan fingerprint density at radius 2 is 2.22 bits per heavy atom. The summed E-state index contributed by atoms with van der Waals surface area (Å²) in [5.41, 5.74) is 3.91. The fraction of sp³-hybridized carbons (Fsp3) is 0.214. The van der Waals surface area contributed by atoms with Crippen LogP contribution in [0.1, 0.15) is 23.6 Å². The van der Waals surface area contributed by atoms with Gasteiger partial charge in [-0.2, -0.15) is 5.10 Å². The van der Waals surface area contributed by atoms with Gasteiger partial charge in [0.2, 0.25) is 0 Å². The second kappa shape index (κ2) is 3.48. The zero-order chi connectivity index (χ0) is 12.3. The van der Waals surface area contributed by atoms with Gasteiger partial charge in [-0.1, -0.05) is 12.1 Å². The highest BCUT2D eigenvalue weighted by Gasteiger charge is 2.28. The van der Waals surface area contributed by atoms with E-state index in [0.29, 0.717) is 11.7 Å². The number of aromatic amines is 1. The lowest BCUT2D eigenvalue weighted by atomic mass is 9.84. The molecule has 0 fully saturated rings. The van der Waals surface area contributed by atoms with Gasteiger partial charge < -0.3 is 5.11 Å². The predicted molar refractivity (Wildman–Crippen MR) is 72.6 cm³/mol. The van der Waals surface area contributed by atoms with Crippen LogP contribution < -0.4 is 10.4 Å². The highest BCUT2D eigenvalue weighted by molar-refractivity contribution is 9.10. The van der Waals surface area contributed by atoms with Gasteiger partial charge in [-0.25, -0.2) is 0 Å². The van der Waals surface area contributed by atoms with Crippen LogP contribution in [0.15, 0.2) is 22.8 Å². The first-order valence-electron chi connectivity index (χ1n) is 6.00. The monoisotopic (exact) mass is 302 g/mol. The molecule has 1 atom stereocenters. The lowest BCUT2D eigenvalue weighted by molar-refractivity contribution is 0.471. The molecule has 1 aromatic carbocycles. The number of benzene rings is 1. The lowest BCUT2D eigenvalue weighted by Gasteiger charge is -2.20. The van der Waals surface area contributed by atoms with Crippen LogP contribution in [-0.4, -0.2) is 15.3 Å². The van der Waals surface area contributed by atoms with Crippen molar-refractivity contribution in [3.05, 3.63) is 44.5 Å². The van der Waals surface area contributed by atoms with Crippen molar-refractivity contribution in [3.8, 4) is 5.75 Å². The number of aromatic nitrogens is 2. The van der Waals surface area contributed by atoms with Gasteiger partial charge in [-0.3, -0.25) is 5.10 Å². The zero-order valence-corrected chi connectivity index (χ0v) is 11.2. The van der Waals surface area contributed by atoms with Gasteiger partial charge in [-0.05, 0) is 50.8 Å². The largest absolute Gasteiger partial charge is 0.507 e. The summed E-state index contributed by atoms with van der Waals surface area (Å²) in [6.45, 7) is 0. The minimum Gasteiger partial charge on any atom is -0.507 e. The average Bonchev–Trinajstić information content (AvgIpc) is 2.96. The van der Waals surface area contributed by atoms with E-state index in [1.165, 1.54) is 27.3 Å². The van der Waals surface area contributed by atoms with Crippen LogP contribution in [0.4, 0.5) is 0 Å². The number of hydrogen-bond donors (Lipinski definition) is 2. The number of aryl methyl sites for hydroxylation is 1. The molecule has 0 amide bonds. The van der Waals surface area contributed by atoms with Crippen LogP contribution in [0.5, 0.6) is 5.75 Å². The SMILES string of the molecule is Oc1ccc2c(c1Br)=C1CCc3[nH]ncc3C1C=2. The molecule has 3 nitrogen and oxygen atoms in total. The van der Waals surface area contributed by atoms with Gasteiger partial charge >= 0.3 is 0 Å². The molecule has 0 radical (unpaired) electrons. The second-order valence-corrected chi connectivity index (χ2v) is 5.63. The maximum atomic E-state index is 9.84. The molecule has 1 aromatic heterocycles. The van der Waals surface area contributed by atoms with Crippen molar-refractivity contribution in [3.63, 3.8) is 0 Å². The van der Waals surface area contributed by atoms with Crippen molar-refractivity contribution < 1.29 is 5.11 Å². The molecule has 2 aliphatic rings. The number of aromatic hydroxyl groups is 1. The van der Waals surface area contributed by atoms with Gasteiger partial charge in [0, 0.05) is 17.2 Å². The highest BCUT2D eigenvalue weighted by atomic mass is 79.9. The topological polar surface area (TPSA) is 48.9 Å². The number of fused-ring (bicyclic) bond motifs is 4. The van der Waals surface area contributed by atoms with E-state index in [-0.39, 0.29) is 0 Å². The van der Waals surface area contributed by atoms with Gasteiger partial charge in [0.15, 0.2) is 0 Å². The third-order valence-electron chi connectivity index (χ3n) is 3.93. The molecular formula is C14H11BrN2O. The van der Waals surface area contributed by atoms with E-state index in [9.17, 15) is 5.11 Å². The fourth-order valence-electron chi connectivity index (χ4n) is 3.09. The standard InChI is InChI=1S/C14H11BrN2O/c15-14-12(18)4-1-7-5-9-8(13(7)14)2-3-11-10(9)6-16-17-11/h1,4-6,9,18H,2-3H2,(H,16,17). The number of H-pyrrole nitrogens is 1. The first kappa shape index (κ1) is 10.4. The molecule has 2 aliphatic carbocycles. The van der Waals surface area contributed by atoms with E-state index in [1.807, 2.05) is 12.3 Å². The number of rotatable bonds is 0. The molecule has 0 saturated heterocycles. The Bertz CT molecular complexity index is 776. The molecule has 4 rings (SSSR count). The molecule has 90 valence electrons. The van der Waals surface area contributed by atoms with E-state index in [0.717, 1.165) is 17.3 Å². The van der Waals surface area contributed by atoms with Gasteiger partial charge in [0.05, 0.1) is 10.7 Å². The van der Waals surface area contributed by atoms with Gasteiger partial charge in [-0.15, -0.1) is 0 Å². The first-order valence-corrected chi connectivity index (χ1v) is 6.79. The molecule has 0 bridgehead atoms. The van der Waals surface area contributed by atoms with Crippen molar-refractivity contribution in [2.75, 3.05) is 0 Å². The molecule has 0 aliphatic heterocycles. The molecule has 1 unspecified atom stereocenters. The molecular weight excluding hydrogens is 292 g/mol. The summed E-state index contributed by atoms with van der Waals surface area (Å²) in [5, 5.41) is 19.4. The predicted octanol–water partition coefficient (Wildman–Crippen LogP) is 1.55. The zero-order valence-electron chi connectivity index (χ0n) is 9.57. The van der Waals surface area contributed by atoms with E-state index in [4.69, 9.17) is 0 Å². The number of phenolic OH excluding ortho intramolecular Hbond substituents is 1. The number of nitrogens with zero attached hydrogens (tertiary/aromatic N) is 1. The molecule has 2 N–H and O–H groups in total. The average molecular weight is 303 g/mol. The fourth-order valence-corrected chi connectivity index (χ4v) is 3.70. The Hall–Kier alpha value is -1.55. The first-order chi connectivity index (χ1) is 8.75. The number of hydrogen-bond acceptors (Lipinski definition) is 2. The quantitative estimate of drug-likeness (QED) is 0.776. The third kappa shape index (κ3) is 1.21. The van der Waals surface area contributed by atoms with Crippen LogP contribution >= 0.6 is 15.9 Å². The Morgan fingerprint density at radius 1 is 1.33 bits per heavy atom. The van der Waals surface area contributed by atoms with Crippen LogP contribution in [0.3, 0.4) is 0 Å². The van der Waals surface area contributed by atoms with Gasteiger partial charge in [0.25, 0.3) is 0 Å². The van der Waals surface area contributed by atoms with Crippen LogP contribution in [0.2, 0.25) is 0 Å². The Morgan fingerprint density at radius 3 is 3.11 bits per heavy atom. The summed E-state index contributed by atoms with van der Waals surface area (Å²) in [4.78, 5) is 0. The van der Waals surface area contributed by atoms with Crippen molar-refractivity contribution in [2.24, 2.45) is 0 Å². The van der Waals surface area contributed by atoms with Crippen LogP contribution in [0, 0.1) is 0 Å². The van der Waals surface area contributed by atoms with Crippen molar-refractivity contribution in [1.29, 1.82) is 0 Å². The van der Waals surface area contributed by atoms with E-state index in [2.05, 4.69) is 32.2 Å². The van der Waals surface area contributed by atoms with Crippen molar-refractivity contribution in [2.45, 2.75) is 18.8 Å². The van der Waals surface area contributed by atoms with Crippen molar-refractivity contribution >= 4 is 27.6 Å². The number of phenols is 1. The number of halogens is 1. The minimum absolute atomic E-state index is 0.313.